The number of carbonyl (C=O) groups is 1. The lowest BCUT2D eigenvalue weighted by atomic mass is 10.2. The van der Waals surface area contributed by atoms with Crippen molar-refractivity contribution in [2.45, 2.75) is 20.3 Å². The second-order valence-electron chi connectivity index (χ2n) is 7.41. The number of benzene rings is 2. The largest absolute Gasteiger partial charge is 0.494 e. The molecule has 0 aliphatic carbocycles. The van der Waals surface area contributed by atoms with Crippen molar-refractivity contribution >= 4 is 44.2 Å². The summed E-state index contributed by atoms with van der Waals surface area (Å²) in [6.45, 7) is 5.86. The smallest absolute Gasteiger partial charge is 0.266 e. The number of fused-ring (bicyclic) bond motifs is 1. The molecule has 1 heterocycles. The molecule has 6 nitrogen and oxygen atoms in total. The molecule has 0 radical (unpaired) electrons. The number of hydrogen-bond donors (Lipinski definition) is 0. The third-order valence-electron chi connectivity index (χ3n) is 4.75. The van der Waals surface area contributed by atoms with E-state index in [1.54, 1.807) is 17.0 Å². The number of thiazole rings is 1. The Morgan fingerprint density at radius 1 is 1.06 bits per heavy atom. The van der Waals surface area contributed by atoms with Gasteiger partial charge in [-0.1, -0.05) is 22.9 Å². The molecule has 31 heavy (non-hydrogen) atoms. The first-order valence-electron chi connectivity index (χ1n) is 10.3. The summed E-state index contributed by atoms with van der Waals surface area (Å²) in [6.07, 6.45) is 0.831. The van der Waals surface area contributed by atoms with E-state index in [0.717, 1.165) is 34.5 Å². The van der Waals surface area contributed by atoms with Crippen LogP contribution in [0.4, 0.5) is 5.13 Å². The van der Waals surface area contributed by atoms with E-state index in [0.29, 0.717) is 29.1 Å². The van der Waals surface area contributed by atoms with Crippen LogP contribution in [0.1, 0.15) is 18.9 Å². The summed E-state index contributed by atoms with van der Waals surface area (Å²) in [7, 11) is 4.04. The number of anilines is 1. The van der Waals surface area contributed by atoms with E-state index >= 15 is 0 Å². The summed E-state index contributed by atoms with van der Waals surface area (Å²) in [6, 6.07) is 11.1. The first-order valence-corrected chi connectivity index (χ1v) is 11.4. The van der Waals surface area contributed by atoms with E-state index in [9.17, 15) is 4.79 Å². The van der Waals surface area contributed by atoms with E-state index in [1.165, 1.54) is 11.3 Å². The molecule has 1 aromatic heterocycles. The molecule has 0 unspecified atom stereocenters. The Bertz CT molecular complexity index is 1020. The first-order chi connectivity index (χ1) is 14.9. The lowest BCUT2D eigenvalue weighted by molar-refractivity contribution is -0.120. The van der Waals surface area contributed by atoms with E-state index in [-0.39, 0.29) is 12.5 Å². The molecule has 3 aromatic rings. The minimum atomic E-state index is -0.129. The SMILES string of the molecule is CCOc1ccc(OCC(=O)N(CCCN(C)C)c2nc3c(C)c(Cl)ccc3s2)cc1. The number of hydrogen-bond acceptors (Lipinski definition) is 6. The van der Waals surface area contributed by atoms with E-state index in [2.05, 4.69) is 4.90 Å². The van der Waals surface area contributed by atoms with Gasteiger partial charge >= 0.3 is 0 Å². The molecule has 8 heteroatoms. The number of halogens is 1. The highest BCUT2D eigenvalue weighted by Gasteiger charge is 2.21. The van der Waals surface area contributed by atoms with Gasteiger partial charge in [-0.3, -0.25) is 9.69 Å². The molecule has 0 saturated carbocycles. The molecule has 2 aromatic carbocycles. The fourth-order valence-corrected chi connectivity index (χ4v) is 4.32. The van der Waals surface area contributed by atoms with Crippen LogP contribution in [0.5, 0.6) is 11.5 Å². The van der Waals surface area contributed by atoms with Crippen LogP contribution in [0.2, 0.25) is 5.02 Å². The van der Waals surface area contributed by atoms with Gasteiger partial charge in [0.05, 0.1) is 16.8 Å². The Morgan fingerprint density at radius 2 is 1.74 bits per heavy atom. The predicted octanol–water partition coefficient (Wildman–Crippen LogP) is 5.02. The van der Waals surface area contributed by atoms with Gasteiger partial charge in [-0.2, -0.15) is 0 Å². The van der Waals surface area contributed by atoms with Crippen molar-refractivity contribution in [3.63, 3.8) is 0 Å². The Morgan fingerprint density at radius 3 is 2.39 bits per heavy atom. The second kappa shape index (κ2) is 10.8. The molecular formula is C23H28ClN3O3S. The predicted molar refractivity (Wildman–Crippen MR) is 128 cm³/mol. The lowest BCUT2D eigenvalue weighted by Crippen LogP contribution is -2.36. The quantitative estimate of drug-likeness (QED) is 0.424. The third kappa shape index (κ3) is 6.09. The number of rotatable bonds is 10. The number of aryl methyl sites for hydroxylation is 1. The van der Waals surface area contributed by atoms with Crippen LogP contribution in [0.15, 0.2) is 36.4 Å². The van der Waals surface area contributed by atoms with Crippen LogP contribution in [-0.2, 0) is 4.79 Å². The Hall–Kier alpha value is -2.35. The van der Waals surface area contributed by atoms with Gasteiger partial charge in [-0.05, 0) is 82.9 Å². The molecule has 0 bridgehead atoms. The molecule has 0 spiro atoms. The van der Waals surface area contributed by atoms with Crippen molar-refractivity contribution in [1.29, 1.82) is 0 Å². The number of nitrogens with zero attached hydrogens (tertiary/aromatic N) is 3. The molecule has 166 valence electrons. The highest BCUT2D eigenvalue weighted by atomic mass is 35.5. The Kier molecular flexibility index (Phi) is 8.12. The van der Waals surface area contributed by atoms with E-state index in [1.807, 2.05) is 52.2 Å². The van der Waals surface area contributed by atoms with Gasteiger partial charge in [-0.25, -0.2) is 4.98 Å². The van der Waals surface area contributed by atoms with Crippen LogP contribution < -0.4 is 14.4 Å². The van der Waals surface area contributed by atoms with Crippen LogP contribution in [0.3, 0.4) is 0 Å². The summed E-state index contributed by atoms with van der Waals surface area (Å²) < 4.78 is 12.2. The standard InChI is InChI=1S/C23H28ClN3O3S/c1-5-29-17-7-9-18(10-8-17)30-15-21(28)27(14-6-13-26(3)4)23-25-22-16(2)19(24)11-12-20(22)31-23/h7-12H,5-6,13-15H2,1-4H3. The van der Waals surface area contributed by atoms with Crippen LogP contribution in [0.25, 0.3) is 10.2 Å². The van der Waals surface area contributed by atoms with Gasteiger partial charge in [0.15, 0.2) is 11.7 Å². The second-order valence-corrected chi connectivity index (χ2v) is 8.83. The maximum Gasteiger partial charge on any atom is 0.266 e. The fourth-order valence-electron chi connectivity index (χ4n) is 3.10. The number of ether oxygens (including phenoxy) is 2. The van der Waals surface area contributed by atoms with Crippen molar-refractivity contribution in [3.05, 3.63) is 47.0 Å². The monoisotopic (exact) mass is 461 g/mol. The zero-order valence-electron chi connectivity index (χ0n) is 18.4. The molecule has 0 aliphatic heterocycles. The van der Waals surface area contributed by atoms with Crippen molar-refractivity contribution < 1.29 is 14.3 Å². The van der Waals surface area contributed by atoms with Crippen molar-refractivity contribution in [2.24, 2.45) is 0 Å². The number of aromatic nitrogens is 1. The zero-order valence-corrected chi connectivity index (χ0v) is 19.9. The molecule has 0 N–H and O–H groups in total. The molecule has 0 fully saturated rings. The molecule has 0 aliphatic rings. The Balaban J connectivity index is 1.76. The topological polar surface area (TPSA) is 54.9 Å². The highest BCUT2D eigenvalue weighted by molar-refractivity contribution is 7.22. The van der Waals surface area contributed by atoms with Gasteiger partial charge in [0.25, 0.3) is 5.91 Å². The van der Waals surface area contributed by atoms with Gasteiger partial charge in [0.2, 0.25) is 0 Å². The summed E-state index contributed by atoms with van der Waals surface area (Å²) in [5.41, 5.74) is 1.76. The summed E-state index contributed by atoms with van der Waals surface area (Å²) >= 11 is 7.75. The molecule has 1 amide bonds. The van der Waals surface area contributed by atoms with Gasteiger partial charge in [-0.15, -0.1) is 0 Å². The average Bonchev–Trinajstić information content (AvgIpc) is 3.18. The molecular weight excluding hydrogens is 434 g/mol. The van der Waals surface area contributed by atoms with Crippen molar-refractivity contribution in [3.8, 4) is 11.5 Å². The molecule has 0 saturated heterocycles. The first kappa shape index (κ1) is 23.3. The van der Waals surface area contributed by atoms with Crippen molar-refractivity contribution in [2.75, 3.05) is 45.3 Å². The minimum absolute atomic E-state index is 0.0639. The summed E-state index contributed by atoms with van der Waals surface area (Å²) in [5, 5.41) is 1.34. The average molecular weight is 462 g/mol. The third-order valence-corrected chi connectivity index (χ3v) is 6.21. The zero-order chi connectivity index (χ0) is 22.4. The summed E-state index contributed by atoms with van der Waals surface area (Å²) in [5.74, 6) is 1.27. The Labute approximate surface area is 192 Å². The maximum absolute atomic E-state index is 13.1. The summed E-state index contributed by atoms with van der Waals surface area (Å²) in [4.78, 5) is 21.6. The minimum Gasteiger partial charge on any atom is -0.494 e. The maximum atomic E-state index is 13.1. The normalized spacial score (nSPS) is 11.2. The van der Waals surface area contributed by atoms with Gasteiger partial charge in [0, 0.05) is 11.6 Å². The van der Waals surface area contributed by atoms with E-state index < -0.39 is 0 Å². The van der Waals surface area contributed by atoms with Crippen molar-refractivity contribution in [1.82, 2.24) is 9.88 Å². The molecule has 0 atom stereocenters. The van der Waals surface area contributed by atoms with Crippen LogP contribution in [0, 0.1) is 6.92 Å². The van der Waals surface area contributed by atoms with Gasteiger partial charge in [0.1, 0.15) is 11.5 Å². The van der Waals surface area contributed by atoms with E-state index in [4.69, 9.17) is 26.1 Å². The van der Waals surface area contributed by atoms with Crippen LogP contribution >= 0.6 is 22.9 Å². The van der Waals surface area contributed by atoms with Gasteiger partial charge < -0.3 is 14.4 Å². The highest BCUT2D eigenvalue weighted by Crippen LogP contribution is 2.33. The van der Waals surface area contributed by atoms with Crippen LogP contribution in [-0.4, -0.2) is 56.2 Å². The number of amides is 1. The lowest BCUT2D eigenvalue weighted by Gasteiger charge is -2.21. The fraction of sp³-hybridized carbons (Fsp3) is 0.391. The molecule has 3 rings (SSSR count). The number of carbonyl (C=O) groups excluding carboxylic acids is 1.